The van der Waals surface area contributed by atoms with Gasteiger partial charge in [-0.15, -0.1) is 11.8 Å². The molecule has 0 radical (unpaired) electrons. The number of hydrogen-bond acceptors (Lipinski definition) is 2. The Morgan fingerprint density at radius 1 is 1.31 bits per heavy atom. The summed E-state index contributed by atoms with van der Waals surface area (Å²) in [5, 5.41) is 3.12. The van der Waals surface area contributed by atoms with Crippen LogP contribution in [0.25, 0.3) is 0 Å². The Balaban J connectivity index is 1.97. The van der Waals surface area contributed by atoms with Gasteiger partial charge in [0.15, 0.2) is 0 Å². The van der Waals surface area contributed by atoms with Gasteiger partial charge in [0.2, 0.25) is 5.91 Å². The molecule has 3 heteroatoms. The number of rotatable bonds is 2. The minimum absolute atomic E-state index is 0.144. The van der Waals surface area contributed by atoms with Crippen molar-refractivity contribution in [3.8, 4) is 0 Å². The molecule has 68 valence electrons. The normalized spacial score (nSPS) is 26.4. The zero-order valence-electron chi connectivity index (χ0n) is 7.36. The molecule has 0 unspecified atom stereocenters. The number of nitrogens with one attached hydrogen (secondary N) is 1. The zero-order chi connectivity index (χ0) is 9.26. The van der Waals surface area contributed by atoms with Crippen LogP contribution >= 0.6 is 11.8 Å². The summed E-state index contributed by atoms with van der Waals surface area (Å²) < 4.78 is 0. The Morgan fingerprint density at radius 3 is 2.54 bits per heavy atom. The summed E-state index contributed by atoms with van der Waals surface area (Å²) in [6.45, 7) is 1.96. The largest absolute Gasteiger partial charge is 0.343 e. The highest BCUT2D eigenvalue weighted by Gasteiger charge is 2.35. The van der Waals surface area contributed by atoms with Gasteiger partial charge in [0.05, 0.1) is 11.3 Å². The second-order valence-corrected chi connectivity index (χ2v) is 4.36. The van der Waals surface area contributed by atoms with E-state index >= 15 is 0 Å². The Bertz CT molecular complexity index is 312. The van der Waals surface area contributed by atoms with E-state index in [0.29, 0.717) is 0 Å². The van der Waals surface area contributed by atoms with Gasteiger partial charge in [-0.25, -0.2) is 0 Å². The van der Waals surface area contributed by atoms with Crippen molar-refractivity contribution in [2.75, 3.05) is 0 Å². The van der Waals surface area contributed by atoms with Gasteiger partial charge >= 0.3 is 0 Å². The van der Waals surface area contributed by atoms with Crippen molar-refractivity contribution in [2.24, 2.45) is 5.92 Å². The molecule has 1 heterocycles. The number of carbonyl (C=O) groups is 1. The molecule has 0 spiro atoms. The van der Waals surface area contributed by atoms with E-state index in [1.165, 1.54) is 4.90 Å². The third-order valence-electron chi connectivity index (χ3n) is 2.16. The SMILES string of the molecule is C[C@@H]1C(=O)N[C@H]1Sc1ccccc1. The van der Waals surface area contributed by atoms with Crippen molar-refractivity contribution in [3.05, 3.63) is 30.3 Å². The molecule has 1 amide bonds. The zero-order valence-corrected chi connectivity index (χ0v) is 8.17. The van der Waals surface area contributed by atoms with E-state index in [1.807, 2.05) is 25.1 Å². The number of β-lactam (4-membered cyclic amide) rings is 1. The van der Waals surface area contributed by atoms with Crippen LogP contribution in [0.15, 0.2) is 35.2 Å². The molecule has 1 aliphatic rings. The molecule has 2 atom stereocenters. The summed E-state index contributed by atoms with van der Waals surface area (Å²) in [5.74, 6) is 0.304. The van der Waals surface area contributed by atoms with E-state index in [2.05, 4.69) is 17.4 Å². The number of amides is 1. The topological polar surface area (TPSA) is 29.1 Å². The fourth-order valence-electron chi connectivity index (χ4n) is 1.22. The minimum Gasteiger partial charge on any atom is -0.343 e. The number of hydrogen-bond donors (Lipinski definition) is 1. The summed E-state index contributed by atoms with van der Waals surface area (Å²) in [7, 11) is 0. The van der Waals surface area contributed by atoms with Gasteiger partial charge < -0.3 is 5.32 Å². The van der Waals surface area contributed by atoms with E-state index in [1.54, 1.807) is 11.8 Å². The lowest BCUT2D eigenvalue weighted by atomic mass is 10.1. The van der Waals surface area contributed by atoms with Crippen molar-refractivity contribution in [1.29, 1.82) is 0 Å². The molecule has 2 rings (SSSR count). The van der Waals surface area contributed by atoms with Crippen LogP contribution in [0.4, 0.5) is 0 Å². The third-order valence-corrected chi connectivity index (χ3v) is 3.48. The van der Waals surface area contributed by atoms with E-state index < -0.39 is 0 Å². The maximum absolute atomic E-state index is 10.9. The number of benzene rings is 1. The first-order valence-electron chi connectivity index (χ1n) is 4.29. The summed E-state index contributed by atoms with van der Waals surface area (Å²) in [6, 6.07) is 10.1. The molecule has 2 nitrogen and oxygen atoms in total. The molecule has 0 aromatic heterocycles. The average molecular weight is 193 g/mol. The molecular formula is C10H11NOS. The molecule has 1 saturated heterocycles. The predicted octanol–water partition coefficient (Wildman–Crippen LogP) is 1.87. The maximum atomic E-state index is 10.9. The molecule has 0 bridgehead atoms. The lowest BCUT2D eigenvalue weighted by Crippen LogP contribution is -2.54. The first-order valence-corrected chi connectivity index (χ1v) is 5.17. The summed E-state index contributed by atoms with van der Waals surface area (Å²) in [6.07, 6.45) is 0. The van der Waals surface area contributed by atoms with Crippen LogP contribution < -0.4 is 5.32 Å². The highest BCUT2D eigenvalue weighted by Crippen LogP contribution is 2.31. The standard InChI is InChI=1S/C10H11NOS/c1-7-9(12)11-10(7)13-8-5-3-2-4-6-8/h2-7,10H,1H3,(H,11,12)/t7-,10+/m1/s1. The smallest absolute Gasteiger partial charge is 0.226 e. The molecular weight excluding hydrogens is 182 g/mol. The van der Waals surface area contributed by atoms with Crippen LogP contribution in [0, 0.1) is 5.92 Å². The van der Waals surface area contributed by atoms with Crippen LogP contribution in [0.5, 0.6) is 0 Å². The monoisotopic (exact) mass is 193 g/mol. The Morgan fingerprint density at radius 2 is 2.00 bits per heavy atom. The van der Waals surface area contributed by atoms with Crippen molar-refractivity contribution >= 4 is 17.7 Å². The van der Waals surface area contributed by atoms with E-state index in [-0.39, 0.29) is 17.2 Å². The highest BCUT2D eigenvalue weighted by atomic mass is 32.2. The lowest BCUT2D eigenvalue weighted by molar-refractivity contribution is -0.131. The van der Waals surface area contributed by atoms with Crippen LogP contribution in [0.1, 0.15) is 6.92 Å². The molecule has 1 aromatic carbocycles. The lowest BCUT2D eigenvalue weighted by Gasteiger charge is -2.33. The maximum Gasteiger partial charge on any atom is 0.226 e. The second kappa shape index (κ2) is 3.42. The van der Waals surface area contributed by atoms with Gasteiger partial charge in [0.25, 0.3) is 0 Å². The average Bonchev–Trinajstić information content (AvgIpc) is 2.19. The van der Waals surface area contributed by atoms with E-state index in [9.17, 15) is 4.79 Å². The highest BCUT2D eigenvalue weighted by molar-refractivity contribution is 8.00. The molecule has 1 N–H and O–H groups in total. The molecule has 1 aromatic rings. The first-order chi connectivity index (χ1) is 6.27. The summed E-state index contributed by atoms with van der Waals surface area (Å²) in [5.41, 5.74) is 0. The van der Waals surface area contributed by atoms with Crippen molar-refractivity contribution in [3.63, 3.8) is 0 Å². The molecule has 1 fully saturated rings. The predicted molar refractivity (Wildman–Crippen MR) is 53.4 cm³/mol. The Kier molecular flexibility index (Phi) is 2.27. The molecule has 1 aliphatic heterocycles. The van der Waals surface area contributed by atoms with E-state index in [4.69, 9.17) is 0 Å². The number of carbonyl (C=O) groups excluding carboxylic acids is 1. The van der Waals surface area contributed by atoms with Crippen LogP contribution in [-0.4, -0.2) is 11.3 Å². The summed E-state index contributed by atoms with van der Waals surface area (Å²) >= 11 is 1.71. The van der Waals surface area contributed by atoms with Crippen LogP contribution in [0.2, 0.25) is 0 Å². The fraction of sp³-hybridized carbons (Fsp3) is 0.300. The molecule has 13 heavy (non-hydrogen) atoms. The second-order valence-electron chi connectivity index (χ2n) is 3.15. The van der Waals surface area contributed by atoms with Crippen molar-refractivity contribution < 1.29 is 4.79 Å². The van der Waals surface area contributed by atoms with Crippen LogP contribution in [0.3, 0.4) is 0 Å². The molecule has 0 saturated carbocycles. The van der Waals surface area contributed by atoms with Crippen molar-refractivity contribution in [2.45, 2.75) is 17.2 Å². The van der Waals surface area contributed by atoms with Crippen molar-refractivity contribution in [1.82, 2.24) is 5.32 Å². The van der Waals surface area contributed by atoms with Gasteiger partial charge in [0.1, 0.15) is 0 Å². The van der Waals surface area contributed by atoms with Gasteiger partial charge in [-0.2, -0.15) is 0 Å². The van der Waals surface area contributed by atoms with Gasteiger partial charge in [-0.05, 0) is 12.1 Å². The molecule has 0 aliphatic carbocycles. The minimum atomic E-state index is 0.144. The van der Waals surface area contributed by atoms with E-state index in [0.717, 1.165) is 0 Å². The Labute approximate surface area is 81.7 Å². The quantitative estimate of drug-likeness (QED) is 0.726. The van der Waals surface area contributed by atoms with Gasteiger partial charge in [-0.3, -0.25) is 4.79 Å². The van der Waals surface area contributed by atoms with Gasteiger partial charge in [-0.1, -0.05) is 25.1 Å². The fourth-order valence-corrected chi connectivity index (χ4v) is 2.33. The number of thioether (sulfide) groups is 1. The Hall–Kier alpha value is -0.960. The third kappa shape index (κ3) is 1.70. The first kappa shape index (κ1) is 8.63. The van der Waals surface area contributed by atoms with Crippen LogP contribution in [-0.2, 0) is 4.79 Å². The van der Waals surface area contributed by atoms with Gasteiger partial charge in [0, 0.05) is 4.90 Å². The summed E-state index contributed by atoms with van der Waals surface area (Å²) in [4.78, 5) is 12.1.